The first-order chi connectivity index (χ1) is 15.9. The monoisotopic (exact) mass is 476 g/mol. The van der Waals surface area contributed by atoms with Crippen LogP contribution in [0.2, 0.25) is 0 Å². The number of nitrogens with zero attached hydrogens (tertiary/aromatic N) is 4. The number of aromatic nitrogens is 3. The van der Waals surface area contributed by atoms with Crippen LogP contribution in [0, 0.1) is 0 Å². The molecule has 0 aliphatic heterocycles. The fourth-order valence-electron chi connectivity index (χ4n) is 5.31. The van der Waals surface area contributed by atoms with Gasteiger partial charge in [0.25, 0.3) is 5.91 Å². The minimum absolute atomic E-state index is 0.0452. The number of fused-ring (bicyclic) bond motifs is 1. The van der Waals surface area contributed by atoms with Crippen molar-refractivity contribution >= 4 is 22.9 Å². The van der Waals surface area contributed by atoms with E-state index in [2.05, 4.69) is 10.1 Å². The molecule has 2 fully saturated rings. The van der Waals surface area contributed by atoms with Crippen LogP contribution in [0.4, 0.5) is 13.2 Å². The second-order valence-corrected chi connectivity index (χ2v) is 10.0. The molecule has 2 aliphatic rings. The summed E-state index contributed by atoms with van der Waals surface area (Å²) < 4.78 is 42.5. The number of halogens is 3. The smallest absolute Gasteiger partial charge is 0.331 e. The van der Waals surface area contributed by atoms with Gasteiger partial charge in [0.15, 0.2) is 17.0 Å². The second-order valence-electron chi connectivity index (χ2n) is 9.10. The quantitative estimate of drug-likeness (QED) is 0.427. The number of rotatable bonds is 4. The summed E-state index contributed by atoms with van der Waals surface area (Å²) in [5.74, 6) is -0.259. The first kappa shape index (κ1) is 22.4. The molecule has 0 bridgehead atoms. The topological polar surface area (TPSA) is 50.5 Å². The molecule has 0 spiro atoms. The molecule has 9 heteroatoms. The second kappa shape index (κ2) is 9.08. The number of thiophene rings is 1. The molecular formula is C24H27F3N4OS. The highest BCUT2D eigenvalue weighted by atomic mass is 32.1. The van der Waals surface area contributed by atoms with Gasteiger partial charge < -0.3 is 4.90 Å². The maximum Gasteiger partial charge on any atom is 0.433 e. The summed E-state index contributed by atoms with van der Waals surface area (Å²) in [6.07, 6.45) is 5.83. The number of hydrogen-bond donors (Lipinski definition) is 0. The Kier molecular flexibility index (Phi) is 6.16. The molecule has 33 heavy (non-hydrogen) atoms. The van der Waals surface area contributed by atoms with Gasteiger partial charge in [-0.05, 0) is 43.2 Å². The van der Waals surface area contributed by atoms with E-state index in [1.807, 2.05) is 4.90 Å². The lowest BCUT2D eigenvalue weighted by atomic mass is 9.88. The molecule has 0 atom stereocenters. The summed E-state index contributed by atoms with van der Waals surface area (Å²) in [7, 11) is 0. The zero-order chi connectivity index (χ0) is 23.0. The standard InChI is InChI=1S/C24H27F3N4OS/c25-24(26,27)21-14-18(20-12-7-13-33-20)28-22-15-19(29-31(21)22)23(32)30(16-8-3-1-4-9-16)17-10-5-2-6-11-17/h7,12-17H,1-6,8-11H2. The number of carbonyl (C=O) groups excluding carboxylic acids is 1. The van der Waals surface area contributed by atoms with Crippen molar-refractivity contribution in [3.63, 3.8) is 0 Å². The molecule has 0 saturated heterocycles. The van der Waals surface area contributed by atoms with E-state index in [0.717, 1.165) is 61.9 Å². The van der Waals surface area contributed by atoms with Crippen LogP contribution in [0.15, 0.2) is 29.6 Å². The number of amides is 1. The highest BCUT2D eigenvalue weighted by molar-refractivity contribution is 7.13. The fraction of sp³-hybridized carbons (Fsp3) is 0.542. The molecule has 2 aliphatic carbocycles. The van der Waals surface area contributed by atoms with Gasteiger partial charge in [-0.15, -0.1) is 11.3 Å². The van der Waals surface area contributed by atoms with E-state index in [-0.39, 0.29) is 35.0 Å². The summed E-state index contributed by atoms with van der Waals surface area (Å²) in [4.78, 5) is 20.8. The normalized spacial score (nSPS) is 18.6. The molecule has 3 aromatic rings. The predicted octanol–water partition coefficient (Wildman–Crippen LogP) is 6.58. The van der Waals surface area contributed by atoms with Crippen molar-refractivity contribution in [3.05, 3.63) is 41.0 Å². The van der Waals surface area contributed by atoms with Crippen molar-refractivity contribution in [3.8, 4) is 10.6 Å². The Morgan fingerprint density at radius 2 is 1.64 bits per heavy atom. The largest absolute Gasteiger partial charge is 0.433 e. The van der Waals surface area contributed by atoms with Gasteiger partial charge in [0, 0.05) is 18.2 Å². The third kappa shape index (κ3) is 4.52. The van der Waals surface area contributed by atoms with E-state index in [1.165, 1.54) is 30.2 Å². The lowest BCUT2D eigenvalue weighted by molar-refractivity contribution is -0.142. The van der Waals surface area contributed by atoms with E-state index in [9.17, 15) is 18.0 Å². The van der Waals surface area contributed by atoms with Gasteiger partial charge in [-0.3, -0.25) is 4.79 Å². The van der Waals surface area contributed by atoms with Gasteiger partial charge in [-0.2, -0.15) is 18.3 Å². The third-order valence-corrected chi connectivity index (χ3v) is 7.77. The summed E-state index contributed by atoms with van der Waals surface area (Å²) in [6, 6.07) is 6.22. The van der Waals surface area contributed by atoms with Gasteiger partial charge in [-0.1, -0.05) is 44.6 Å². The summed E-state index contributed by atoms with van der Waals surface area (Å²) in [6.45, 7) is 0. The molecule has 0 N–H and O–H groups in total. The molecule has 5 nitrogen and oxygen atoms in total. The van der Waals surface area contributed by atoms with E-state index >= 15 is 0 Å². The van der Waals surface area contributed by atoms with Crippen molar-refractivity contribution in [2.75, 3.05) is 0 Å². The number of hydrogen-bond acceptors (Lipinski definition) is 4. The molecule has 0 unspecified atom stereocenters. The van der Waals surface area contributed by atoms with Crippen LogP contribution >= 0.6 is 11.3 Å². The van der Waals surface area contributed by atoms with Gasteiger partial charge in [-0.25, -0.2) is 9.50 Å². The van der Waals surface area contributed by atoms with Gasteiger partial charge >= 0.3 is 6.18 Å². The zero-order valence-corrected chi connectivity index (χ0v) is 19.2. The molecule has 1 amide bonds. The third-order valence-electron chi connectivity index (χ3n) is 6.88. The summed E-state index contributed by atoms with van der Waals surface area (Å²) >= 11 is 1.32. The lowest BCUT2D eigenvalue weighted by Gasteiger charge is -2.41. The highest BCUT2D eigenvalue weighted by Gasteiger charge is 2.37. The number of alkyl halides is 3. The van der Waals surface area contributed by atoms with Crippen LogP contribution in [-0.2, 0) is 6.18 Å². The molecule has 5 rings (SSSR count). The van der Waals surface area contributed by atoms with E-state index in [1.54, 1.807) is 17.5 Å². The van der Waals surface area contributed by atoms with Crippen LogP contribution in [0.25, 0.3) is 16.2 Å². The average Bonchev–Trinajstić information content (AvgIpc) is 3.49. The lowest BCUT2D eigenvalue weighted by Crippen LogP contribution is -2.49. The highest BCUT2D eigenvalue weighted by Crippen LogP contribution is 2.35. The molecule has 176 valence electrons. The van der Waals surface area contributed by atoms with Crippen LogP contribution in [-0.4, -0.2) is 37.5 Å². The predicted molar refractivity (Wildman–Crippen MR) is 121 cm³/mol. The van der Waals surface area contributed by atoms with Gasteiger partial charge in [0.05, 0.1) is 10.6 Å². The molecule has 3 heterocycles. The van der Waals surface area contributed by atoms with Crippen LogP contribution in [0.3, 0.4) is 0 Å². The molecule has 2 saturated carbocycles. The first-order valence-electron chi connectivity index (χ1n) is 11.8. The zero-order valence-electron chi connectivity index (χ0n) is 18.4. The first-order valence-corrected chi connectivity index (χ1v) is 12.6. The fourth-order valence-corrected chi connectivity index (χ4v) is 6.00. The van der Waals surface area contributed by atoms with Gasteiger partial charge in [0.1, 0.15) is 0 Å². The van der Waals surface area contributed by atoms with Crippen LogP contribution < -0.4 is 0 Å². The molecule has 0 aromatic carbocycles. The maximum absolute atomic E-state index is 13.9. The minimum Gasteiger partial charge on any atom is -0.331 e. The summed E-state index contributed by atoms with van der Waals surface area (Å²) in [5, 5.41) is 5.96. The Hall–Kier alpha value is -2.42. The van der Waals surface area contributed by atoms with Crippen molar-refractivity contribution in [2.24, 2.45) is 0 Å². The Morgan fingerprint density at radius 3 is 2.18 bits per heavy atom. The van der Waals surface area contributed by atoms with Crippen molar-refractivity contribution < 1.29 is 18.0 Å². The van der Waals surface area contributed by atoms with Crippen molar-refractivity contribution in [1.82, 2.24) is 19.5 Å². The average molecular weight is 477 g/mol. The van der Waals surface area contributed by atoms with E-state index in [0.29, 0.717) is 4.88 Å². The Morgan fingerprint density at radius 1 is 1.00 bits per heavy atom. The van der Waals surface area contributed by atoms with Crippen LogP contribution in [0.1, 0.15) is 80.4 Å². The molecule has 0 radical (unpaired) electrons. The Bertz CT molecular complexity index is 1090. The number of carbonyl (C=O) groups is 1. The Labute approximate surface area is 194 Å². The maximum atomic E-state index is 13.9. The van der Waals surface area contributed by atoms with Crippen molar-refractivity contribution in [2.45, 2.75) is 82.5 Å². The minimum atomic E-state index is -4.62. The van der Waals surface area contributed by atoms with E-state index < -0.39 is 11.9 Å². The van der Waals surface area contributed by atoms with Crippen LogP contribution in [0.5, 0.6) is 0 Å². The van der Waals surface area contributed by atoms with Gasteiger partial charge in [0.2, 0.25) is 0 Å². The summed E-state index contributed by atoms with van der Waals surface area (Å²) in [5.41, 5.74) is -0.590. The Balaban J connectivity index is 1.56. The molecular weight excluding hydrogens is 449 g/mol. The molecule has 3 aromatic heterocycles. The SMILES string of the molecule is O=C(c1cc2nc(-c3cccs3)cc(C(F)(F)F)n2n1)N(C1CCCCC1)C1CCCCC1. The van der Waals surface area contributed by atoms with Crippen molar-refractivity contribution in [1.29, 1.82) is 0 Å². The van der Waals surface area contributed by atoms with E-state index in [4.69, 9.17) is 0 Å².